The second-order valence-corrected chi connectivity index (χ2v) is 7.87. The van der Waals surface area contributed by atoms with Crippen LogP contribution in [-0.4, -0.2) is 75.2 Å². The van der Waals surface area contributed by atoms with Gasteiger partial charge in [0, 0.05) is 30.5 Å². The van der Waals surface area contributed by atoms with Gasteiger partial charge in [0.15, 0.2) is 0 Å². The summed E-state index contributed by atoms with van der Waals surface area (Å²) in [6.45, 7) is 3.17. The first kappa shape index (κ1) is 22.0. The van der Waals surface area contributed by atoms with Gasteiger partial charge in [0.2, 0.25) is 11.8 Å². The molecule has 1 aliphatic heterocycles. The minimum atomic E-state index is -0.467. The summed E-state index contributed by atoms with van der Waals surface area (Å²) in [6, 6.07) is 7.36. The number of imide groups is 1. The van der Waals surface area contributed by atoms with Crippen LogP contribution in [0.4, 0.5) is 16.2 Å². The van der Waals surface area contributed by atoms with Gasteiger partial charge < -0.3 is 20.3 Å². The van der Waals surface area contributed by atoms with E-state index in [9.17, 15) is 14.4 Å². The Morgan fingerprint density at radius 3 is 2.33 bits per heavy atom. The number of likely N-dealkylation sites (N-methyl/N-ethyl adjacent to an activating group) is 1. The van der Waals surface area contributed by atoms with Gasteiger partial charge in [-0.05, 0) is 44.2 Å². The molecule has 0 unspecified atom stereocenters. The van der Waals surface area contributed by atoms with Crippen LogP contribution >= 0.6 is 0 Å². The number of hydrogen-bond donors (Lipinski definition) is 3. The van der Waals surface area contributed by atoms with E-state index in [0.29, 0.717) is 5.69 Å². The Morgan fingerprint density at radius 1 is 1.03 bits per heavy atom. The zero-order valence-corrected chi connectivity index (χ0v) is 17.5. The summed E-state index contributed by atoms with van der Waals surface area (Å²) < 4.78 is 5.36. The van der Waals surface area contributed by atoms with Gasteiger partial charge in [-0.2, -0.15) is 0 Å². The summed E-state index contributed by atoms with van der Waals surface area (Å²) in [5, 5.41) is 7.96. The number of nitrogens with zero attached hydrogens (tertiary/aromatic N) is 2. The Balaban J connectivity index is 1.37. The van der Waals surface area contributed by atoms with Crippen molar-refractivity contribution in [2.45, 2.75) is 31.7 Å². The van der Waals surface area contributed by atoms with Crippen molar-refractivity contribution in [2.75, 3.05) is 56.7 Å². The maximum Gasteiger partial charge on any atom is 0.321 e. The molecule has 2 aliphatic rings. The molecule has 1 aromatic rings. The highest BCUT2D eigenvalue weighted by molar-refractivity contribution is 5.96. The van der Waals surface area contributed by atoms with Gasteiger partial charge >= 0.3 is 6.03 Å². The molecular formula is C21H31N5O4. The van der Waals surface area contributed by atoms with Crippen LogP contribution in [0.1, 0.15) is 25.7 Å². The van der Waals surface area contributed by atoms with E-state index in [-0.39, 0.29) is 25.0 Å². The number of benzene rings is 1. The fourth-order valence-corrected chi connectivity index (χ4v) is 3.78. The smallest absolute Gasteiger partial charge is 0.321 e. The molecule has 3 rings (SSSR count). The zero-order chi connectivity index (χ0) is 21.3. The van der Waals surface area contributed by atoms with E-state index in [1.807, 2.05) is 24.3 Å². The molecule has 4 amide bonds. The third-order valence-electron chi connectivity index (χ3n) is 5.30. The molecule has 1 aromatic carbocycles. The second kappa shape index (κ2) is 10.9. The van der Waals surface area contributed by atoms with E-state index in [0.717, 1.165) is 57.7 Å². The lowest BCUT2D eigenvalue weighted by Crippen LogP contribution is -2.47. The number of ether oxygens (including phenoxy) is 1. The molecule has 0 radical (unpaired) electrons. The lowest BCUT2D eigenvalue weighted by atomic mass is 10.2. The summed E-state index contributed by atoms with van der Waals surface area (Å²) in [5.74, 6) is -0.657. The molecule has 0 bridgehead atoms. The zero-order valence-electron chi connectivity index (χ0n) is 17.5. The number of anilines is 2. The highest BCUT2D eigenvalue weighted by Gasteiger charge is 2.19. The number of carbonyl (C=O) groups is 3. The Kier molecular flexibility index (Phi) is 8.04. The lowest BCUT2D eigenvalue weighted by Gasteiger charge is -2.28. The van der Waals surface area contributed by atoms with Crippen molar-refractivity contribution in [3.8, 4) is 0 Å². The van der Waals surface area contributed by atoms with Gasteiger partial charge in [-0.25, -0.2) is 4.79 Å². The van der Waals surface area contributed by atoms with Gasteiger partial charge in [0.05, 0.1) is 26.3 Å². The van der Waals surface area contributed by atoms with Crippen LogP contribution in [0.3, 0.4) is 0 Å². The van der Waals surface area contributed by atoms with Crippen LogP contribution in [0.25, 0.3) is 0 Å². The SMILES string of the molecule is CN(CC(=O)NC(=O)NC1CCCC1)CC(=O)Nc1ccc(N2CCOCC2)cc1. The summed E-state index contributed by atoms with van der Waals surface area (Å²) in [7, 11) is 1.66. The van der Waals surface area contributed by atoms with Crippen LogP contribution in [0, 0.1) is 0 Å². The molecule has 1 heterocycles. The largest absolute Gasteiger partial charge is 0.378 e. The van der Waals surface area contributed by atoms with Crippen molar-refractivity contribution in [1.29, 1.82) is 0 Å². The van der Waals surface area contributed by atoms with Crippen molar-refractivity contribution < 1.29 is 19.1 Å². The number of hydrogen-bond acceptors (Lipinski definition) is 6. The second-order valence-electron chi connectivity index (χ2n) is 7.87. The van der Waals surface area contributed by atoms with Crippen LogP contribution in [0.5, 0.6) is 0 Å². The van der Waals surface area contributed by atoms with E-state index in [1.165, 1.54) is 0 Å². The van der Waals surface area contributed by atoms with Crippen molar-refractivity contribution in [3.63, 3.8) is 0 Å². The first-order chi connectivity index (χ1) is 14.5. The maximum atomic E-state index is 12.3. The Morgan fingerprint density at radius 2 is 1.67 bits per heavy atom. The minimum Gasteiger partial charge on any atom is -0.378 e. The molecule has 9 nitrogen and oxygen atoms in total. The Labute approximate surface area is 177 Å². The molecule has 1 saturated carbocycles. The fourth-order valence-electron chi connectivity index (χ4n) is 3.78. The Bertz CT molecular complexity index is 727. The van der Waals surface area contributed by atoms with Gasteiger partial charge in [-0.1, -0.05) is 12.8 Å². The molecular weight excluding hydrogens is 386 g/mol. The molecule has 30 heavy (non-hydrogen) atoms. The molecule has 2 fully saturated rings. The first-order valence-electron chi connectivity index (χ1n) is 10.5. The number of carbonyl (C=O) groups excluding carboxylic acids is 3. The van der Waals surface area contributed by atoms with E-state index in [1.54, 1.807) is 11.9 Å². The highest BCUT2D eigenvalue weighted by Crippen LogP contribution is 2.19. The number of nitrogens with one attached hydrogen (secondary N) is 3. The van der Waals surface area contributed by atoms with Gasteiger partial charge in [0.1, 0.15) is 0 Å². The van der Waals surface area contributed by atoms with Crippen LogP contribution in [0.15, 0.2) is 24.3 Å². The number of amides is 4. The summed E-state index contributed by atoms with van der Waals surface area (Å²) in [6.07, 6.45) is 4.11. The van der Waals surface area contributed by atoms with E-state index < -0.39 is 11.9 Å². The fraction of sp³-hybridized carbons (Fsp3) is 0.571. The van der Waals surface area contributed by atoms with E-state index in [4.69, 9.17) is 4.74 Å². The summed E-state index contributed by atoms with van der Waals surface area (Å²) in [5.41, 5.74) is 1.80. The molecule has 1 aliphatic carbocycles. The molecule has 0 atom stereocenters. The standard InChI is InChI=1S/C21H31N5O4/c1-25(15-20(28)24-21(29)23-16-4-2-3-5-16)14-19(27)22-17-6-8-18(9-7-17)26-10-12-30-13-11-26/h6-9,16H,2-5,10-15H2,1H3,(H,22,27)(H2,23,24,28,29). The number of morpholine rings is 1. The minimum absolute atomic E-state index is 0.0402. The first-order valence-corrected chi connectivity index (χ1v) is 10.5. The number of urea groups is 1. The average Bonchev–Trinajstić information content (AvgIpc) is 3.21. The molecule has 0 aromatic heterocycles. The van der Waals surface area contributed by atoms with Crippen LogP contribution < -0.4 is 20.9 Å². The van der Waals surface area contributed by atoms with Crippen molar-refractivity contribution >= 4 is 29.2 Å². The van der Waals surface area contributed by atoms with Crippen LogP contribution in [0.2, 0.25) is 0 Å². The quantitative estimate of drug-likeness (QED) is 0.615. The molecule has 164 valence electrons. The Hall–Kier alpha value is -2.65. The number of rotatable bonds is 7. The normalized spacial score (nSPS) is 17.1. The molecule has 9 heteroatoms. The third kappa shape index (κ3) is 7.00. The van der Waals surface area contributed by atoms with Crippen molar-refractivity contribution in [2.24, 2.45) is 0 Å². The van der Waals surface area contributed by atoms with Gasteiger partial charge in [-0.3, -0.25) is 19.8 Å². The molecule has 0 spiro atoms. The van der Waals surface area contributed by atoms with Crippen molar-refractivity contribution in [1.82, 2.24) is 15.5 Å². The van der Waals surface area contributed by atoms with Crippen LogP contribution in [-0.2, 0) is 14.3 Å². The topological polar surface area (TPSA) is 103 Å². The molecule has 1 saturated heterocycles. The predicted octanol–water partition coefficient (Wildman–Crippen LogP) is 1.16. The third-order valence-corrected chi connectivity index (χ3v) is 5.30. The van der Waals surface area contributed by atoms with Gasteiger partial charge in [-0.15, -0.1) is 0 Å². The summed E-state index contributed by atoms with van der Waals surface area (Å²) >= 11 is 0. The predicted molar refractivity (Wildman–Crippen MR) is 115 cm³/mol. The average molecular weight is 418 g/mol. The highest BCUT2D eigenvalue weighted by atomic mass is 16.5. The molecule has 3 N–H and O–H groups in total. The van der Waals surface area contributed by atoms with Gasteiger partial charge in [0.25, 0.3) is 0 Å². The maximum absolute atomic E-state index is 12.3. The lowest BCUT2D eigenvalue weighted by molar-refractivity contribution is -0.122. The van der Waals surface area contributed by atoms with E-state index in [2.05, 4.69) is 20.9 Å². The van der Waals surface area contributed by atoms with Crippen molar-refractivity contribution in [3.05, 3.63) is 24.3 Å². The monoisotopic (exact) mass is 417 g/mol. The van der Waals surface area contributed by atoms with E-state index >= 15 is 0 Å². The summed E-state index contributed by atoms with van der Waals surface area (Å²) in [4.78, 5) is 39.9.